The van der Waals surface area contributed by atoms with E-state index < -0.39 is 6.04 Å². The maximum absolute atomic E-state index is 8.80. The maximum Gasteiger partial charge on any atom is 0.145 e. The van der Waals surface area contributed by atoms with E-state index in [0.29, 0.717) is 5.56 Å². The molecule has 0 bridgehead atoms. The summed E-state index contributed by atoms with van der Waals surface area (Å²) >= 11 is 0. The fraction of sp³-hybridized carbons (Fsp3) is 0. The van der Waals surface area contributed by atoms with E-state index >= 15 is 0 Å². The zero-order valence-electron chi connectivity index (χ0n) is 30.3. The Morgan fingerprint density at radius 2 is 0.957 bits per heavy atom. The first-order chi connectivity index (χ1) is 25.4. The molecule has 0 saturated carbocycles. The van der Waals surface area contributed by atoms with Crippen LogP contribution in [0.25, 0.3) is 83.0 Å². The summed E-state index contributed by atoms with van der Waals surface area (Å²) in [6, 6.07) is 49.8. The summed E-state index contributed by atoms with van der Waals surface area (Å²) in [4.78, 5) is 5.07. The van der Waals surface area contributed by atoms with Gasteiger partial charge < -0.3 is 0 Å². The first-order valence-electron chi connectivity index (χ1n) is 18.2. The predicted octanol–water partition coefficient (Wildman–Crippen LogP) is 12.0. The van der Waals surface area contributed by atoms with E-state index in [1.807, 2.05) is 84.9 Å². The van der Waals surface area contributed by atoms with Crippen LogP contribution in [0.15, 0.2) is 182 Å². The lowest BCUT2D eigenvalue weighted by molar-refractivity contribution is 1.10. The predicted molar refractivity (Wildman–Crippen MR) is 198 cm³/mol. The third-order valence-electron chi connectivity index (χ3n) is 8.90. The minimum Gasteiger partial charge on any atom is -0.292 e. The molecule has 0 unspecified atom stereocenters. The maximum atomic E-state index is 8.80. The molecular formula is C45H30N2. The van der Waals surface area contributed by atoms with Gasteiger partial charge in [-0.1, -0.05) is 158 Å². The fourth-order valence-corrected chi connectivity index (χ4v) is 6.88. The van der Waals surface area contributed by atoms with E-state index in [-0.39, 0.29) is 29.7 Å². The van der Waals surface area contributed by atoms with E-state index in [0.717, 1.165) is 71.9 Å². The number of rotatable bonds is 5. The van der Waals surface area contributed by atoms with Gasteiger partial charge in [0.15, 0.2) is 0 Å². The van der Waals surface area contributed by atoms with Gasteiger partial charge in [0.25, 0.3) is 0 Å². The van der Waals surface area contributed by atoms with Gasteiger partial charge in [-0.05, 0) is 79.2 Å². The summed E-state index contributed by atoms with van der Waals surface area (Å²) in [5, 5.41) is 4.12. The van der Waals surface area contributed by atoms with Gasteiger partial charge in [0, 0.05) is 11.3 Å². The summed E-state index contributed by atoms with van der Waals surface area (Å²) in [7, 11) is 0. The van der Waals surface area contributed by atoms with Gasteiger partial charge in [-0.15, -0.1) is 0 Å². The average Bonchev–Trinajstić information content (AvgIpc) is 3.59. The molecule has 0 fully saturated rings. The molecule has 0 N–H and O–H groups in total. The summed E-state index contributed by atoms with van der Waals surface area (Å²) in [5.74, 6) is 0.869. The van der Waals surface area contributed by atoms with Gasteiger partial charge in [0.05, 0.1) is 17.9 Å². The smallest absolute Gasteiger partial charge is 0.145 e. The molecule has 0 aliphatic carbocycles. The highest BCUT2D eigenvalue weighted by Crippen LogP contribution is 2.46. The van der Waals surface area contributed by atoms with Crippen LogP contribution in [0.1, 0.15) is 6.85 Å². The Hall–Kier alpha value is -6.25. The summed E-state index contributed by atoms with van der Waals surface area (Å²) in [5.41, 5.74) is 8.71. The number of aromatic nitrogens is 2. The number of imidazole rings is 1. The second-order valence-electron chi connectivity index (χ2n) is 11.6. The molecule has 0 amide bonds. The van der Waals surface area contributed by atoms with Crippen LogP contribution in [0, 0.1) is 0 Å². The fourth-order valence-electron chi connectivity index (χ4n) is 6.88. The van der Waals surface area contributed by atoms with E-state index in [4.69, 9.17) is 11.8 Å². The zero-order valence-corrected chi connectivity index (χ0v) is 25.3. The van der Waals surface area contributed by atoms with Crippen molar-refractivity contribution >= 4 is 32.6 Å². The minimum atomic E-state index is -0.403. The SMILES string of the molecule is [2H]c1c([2H])c([2H])c(-c2ccccc2-c2c3ccccc3c(-c3ccc(-c4nc5ccccc5n4-c4ccccc4)cc3)c3ccccc23)c([2H])c1[2H]. The Bertz CT molecular complexity index is 2760. The van der Waals surface area contributed by atoms with Gasteiger partial charge in [0.1, 0.15) is 5.82 Å². The highest BCUT2D eigenvalue weighted by molar-refractivity contribution is 6.22. The largest absolute Gasteiger partial charge is 0.292 e. The van der Waals surface area contributed by atoms with E-state index in [2.05, 4.69) is 71.3 Å². The van der Waals surface area contributed by atoms with E-state index in [9.17, 15) is 0 Å². The van der Waals surface area contributed by atoms with Crippen molar-refractivity contribution in [1.29, 1.82) is 0 Å². The summed E-state index contributed by atoms with van der Waals surface area (Å²) in [6.45, 7) is 0. The van der Waals surface area contributed by atoms with Crippen LogP contribution in [0.4, 0.5) is 0 Å². The van der Waals surface area contributed by atoms with Crippen LogP contribution in [0.5, 0.6) is 0 Å². The molecule has 8 aromatic carbocycles. The highest BCUT2D eigenvalue weighted by Gasteiger charge is 2.19. The number of nitrogens with zero attached hydrogens (tertiary/aromatic N) is 2. The molecule has 0 radical (unpaired) electrons. The van der Waals surface area contributed by atoms with Crippen LogP contribution in [0.3, 0.4) is 0 Å². The van der Waals surface area contributed by atoms with Crippen molar-refractivity contribution in [3.05, 3.63) is 182 Å². The summed E-state index contributed by atoms with van der Waals surface area (Å²) < 4.78 is 44.7. The topological polar surface area (TPSA) is 17.8 Å². The van der Waals surface area contributed by atoms with Crippen molar-refractivity contribution in [2.75, 3.05) is 0 Å². The van der Waals surface area contributed by atoms with Gasteiger partial charge in [0.2, 0.25) is 0 Å². The molecule has 0 saturated heterocycles. The van der Waals surface area contributed by atoms with Crippen molar-refractivity contribution in [1.82, 2.24) is 9.55 Å². The minimum absolute atomic E-state index is 0.191. The molecule has 2 nitrogen and oxygen atoms in total. The summed E-state index contributed by atoms with van der Waals surface area (Å²) in [6.07, 6.45) is 0. The number of para-hydroxylation sites is 3. The molecule has 0 spiro atoms. The number of hydrogen-bond acceptors (Lipinski definition) is 1. The lowest BCUT2D eigenvalue weighted by Crippen LogP contribution is -1.97. The van der Waals surface area contributed by atoms with Crippen LogP contribution in [0.2, 0.25) is 0 Å². The van der Waals surface area contributed by atoms with Crippen molar-refractivity contribution < 1.29 is 6.85 Å². The molecule has 2 heteroatoms. The Kier molecular flexibility index (Phi) is 5.35. The molecule has 0 aliphatic heterocycles. The molecule has 0 aliphatic rings. The molecule has 47 heavy (non-hydrogen) atoms. The van der Waals surface area contributed by atoms with Crippen molar-refractivity contribution in [2.45, 2.75) is 0 Å². The lowest BCUT2D eigenvalue weighted by Gasteiger charge is -2.20. The highest BCUT2D eigenvalue weighted by atomic mass is 15.1. The third kappa shape index (κ3) is 4.54. The second-order valence-corrected chi connectivity index (χ2v) is 11.6. The molecule has 9 aromatic rings. The van der Waals surface area contributed by atoms with Crippen LogP contribution < -0.4 is 0 Å². The van der Waals surface area contributed by atoms with Gasteiger partial charge in [-0.3, -0.25) is 4.57 Å². The Labute approximate surface area is 280 Å². The molecule has 1 heterocycles. The zero-order chi connectivity index (χ0) is 35.5. The first-order valence-corrected chi connectivity index (χ1v) is 15.7. The van der Waals surface area contributed by atoms with Crippen molar-refractivity contribution in [2.24, 2.45) is 0 Å². The Morgan fingerprint density at radius 1 is 0.426 bits per heavy atom. The first kappa shape index (κ1) is 22.3. The number of benzene rings is 8. The number of fused-ring (bicyclic) bond motifs is 3. The quantitative estimate of drug-likeness (QED) is 0.179. The molecule has 9 rings (SSSR count). The third-order valence-corrected chi connectivity index (χ3v) is 8.90. The second kappa shape index (κ2) is 11.3. The molecule has 0 atom stereocenters. The monoisotopic (exact) mass is 603 g/mol. The van der Waals surface area contributed by atoms with Crippen molar-refractivity contribution in [3.8, 4) is 50.5 Å². The average molecular weight is 604 g/mol. The van der Waals surface area contributed by atoms with Gasteiger partial charge in [-0.25, -0.2) is 4.98 Å². The van der Waals surface area contributed by atoms with Gasteiger partial charge >= 0.3 is 0 Å². The standard InChI is InChI=1S/C45H30N2/c1-3-15-31(16-4-1)35-19-7-8-20-36(35)44-39-23-11-9-21-37(39)43(38-22-10-12-24-40(38)44)32-27-29-33(30-28-32)45-46-41-25-13-14-26-42(41)47(45)34-17-5-2-6-18-34/h1-30H/i1D,3D,4D,15D,16D. The van der Waals surface area contributed by atoms with E-state index in [1.165, 1.54) is 0 Å². The molecule has 220 valence electrons. The number of hydrogen-bond donors (Lipinski definition) is 0. The Balaban J connectivity index is 1.26. The lowest BCUT2D eigenvalue weighted by atomic mass is 9.84. The van der Waals surface area contributed by atoms with Gasteiger partial charge in [-0.2, -0.15) is 0 Å². The normalized spacial score (nSPS) is 12.9. The Morgan fingerprint density at radius 3 is 1.64 bits per heavy atom. The van der Waals surface area contributed by atoms with Crippen LogP contribution in [-0.4, -0.2) is 9.55 Å². The molecule has 1 aromatic heterocycles. The van der Waals surface area contributed by atoms with Crippen LogP contribution in [-0.2, 0) is 0 Å². The van der Waals surface area contributed by atoms with E-state index in [1.54, 1.807) is 0 Å². The van der Waals surface area contributed by atoms with Crippen LogP contribution >= 0.6 is 0 Å². The molecular weight excluding hydrogens is 569 g/mol. The van der Waals surface area contributed by atoms with Crippen molar-refractivity contribution in [3.63, 3.8) is 0 Å².